The molecule has 0 aliphatic carbocycles. The van der Waals surface area contributed by atoms with Crippen LogP contribution in [0.4, 0.5) is 4.79 Å². The summed E-state index contributed by atoms with van der Waals surface area (Å²) >= 11 is 0. The van der Waals surface area contributed by atoms with Crippen molar-refractivity contribution in [2.24, 2.45) is 0 Å². The van der Waals surface area contributed by atoms with Crippen LogP contribution in [0.5, 0.6) is 0 Å². The second-order valence-corrected chi connectivity index (χ2v) is 8.06. The van der Waals surface area contributed by atoms with Gasteiger partial charge in [-0.05, 0) is 48.5 Å². The Bertz CT molecular complexity index is 586. The van der Waals surface area contributed by atoms with Crippen LogP contribution < -0.4 is 0 Å². The molecule has 0 aromatic carbocycles. The molecule has 2 rings (SSSR count). The highest BCUT2D eigenvalue weighted by atomic mass is 16.7. The lowest BCUT2D eigenvalue weighted by atomic mass is 9.76. The first-order chi connectivity index (χ1) is 10.7. The highest BCUT2D eigenvalue weighted by Gasteiger charge is 2.53. The molecule has 0 atom stereocenters. The average molecular weight is 339 g/mol. The zero-order valence-electron chi connectivity index (χ0n) is 15.3. The first-order valence-corrected chi connectivity index (χ1v) is 7.92. The number of nitrogens with zero attached hydrogens (tertiary/aromatic N) is 1. The van der Waals surface area contributed by atoms with Gasteiger partial charge in [0.15, 0.2) is 5.88 Å². The SMILES string of the molecule is CC(C)(C)OC(=O)N1CC(O)=C(B2OC(C)(C)C(C)(C)O2)C=C1O. The number of aliphatic hydroxyl groups excluding tert-OH is 2. The van der Waals surface area contributed by atoms with Gasteiger partial charge in [0.1, 0.15) is 11.4 Å². The number of carbonyl (C=O) groups excluding carboxylic acids is 1. The normalized spacial score (nSPS) is 23.4. The number of amides is 1. The van der Waals surface area contributed by atoms with Crippen LogP contribution in [0.1, 0.15) is 48.5 Å². The largest absolute Gasteiger partial charge is 0.511 e. The van der Waals surface area contributed by atoms with E-state index in [4.69, 9.17) is 14.0 Å². The van der Waals surface area contributed by atoms with Gasteiger partial charge in [-0.2, -0.15) is 0 Å². The predicted octanol–water partition coefficient (Wildman–Crippen LogP) is 3.08. The molecule has 24 heavy (non-hydrogen) atoms. The summed E-state index contributed by atoms with van der Waals surface area (Å²) in [6, 6.07) is 0. The quantitative estimate of drug-likeness (QED) is 0.714. The van der Waals surface area contributed by atoms with E-state index < -0.39 is 30.0 Å². The fourth-order valence-corrected chi connectivity index (χ4v) is 2.27. The van der Waals surface area contributed by atoms with Crippen LogP contribution in [-0.4, -0.2) is 51.7 Å². The van der Waals surface area contributed by atoms with Gasteiger partial charge in [-0.3, -0.25) is 0 Å². The lowest BCUT2D eigenvalue weighted by Crippen LogP contribution is -2.41. The average Bonchev–Trinajstić information content (AvgIpc) is 2.58. The van der Waals surface area contributed by atoms with Gasteiger partial charge < -0.3 is 24.3 Å². The minimum absolute atomic E-state index is 0.114. The Morgan fingerprint density at radius 1 is 1.21 bits per heavy atom. The van der Waals surface area contributed by atoms with Gasteiger partial charge in [-0.1, -0.05) is 0 Å². The van der Waals surface area contributed by atoms with Crippen LogP contribution in [-0.2, 0) is 14.0 Å². The third-order valence-corrected chi connectivity index (χ3v) is 4.32. The van der Waals surface area contributed by atoms with Gasteiger partial charge in [-0.25, -0.2) is 9.69 Å². The number of carbonyl (C=O) groups is 1. The first kappa shape index (κ1) is 18.7. The smallest absolute Gasteiger partial charge is 0.498 e. The molecule has 0 spiro atoms. The topological polar surface area (TPSA) is 88.5 Å². The molecule has 2 heterocycles. The number of rotatable bonds is 1. The maximum absolute atomic E-state index is 12.1. The molecule has 0 aromatic rings. The fourth-order valence-electron chi connectivity index (χ4n) is 2.27. The summed E-state index contributed by atoms with van der Waals surface area (Å²) in [5.74, 6) is -0.441. The maximum Gasteiger partial charge on any atom is 0.498 e. The van der Waals surface area contributed by atoms with Gasteiger partial charge in [-0.15, -0.1) is 0 Å². The molecular weight excluding hydrogens is 313 g/mol. The molecule has 8 heteroatoms. The second-order valence-electron chi connectivity index (χ2n) is 8.06. The van der Waals surface area contributed by atoms with Gasteiger partial charge in [0, 0.05) is 11.5 Å². The Morgan fingerprint density at radius 3 is 2.17 bits per heavy atom. The third kappa shape index (κ3) is 3.54. The van der Waals surface area contributed by atoms with Crippen molar-refractivity contribution in [3.63, 3.8) is 0 Å². The zero-order chi connectivity index (χ0) is 18.5. The summed E-state index contributed by atoms with van der Waals surface area (Å²) in [6.45, 7) is 12.5. The molecule has 0 saturated carbocycles. The molecule has 1 saturated heterocycles. The van der Waals surface area contributed by atoms with Gasteiger partial charge in [0.05, 0.1) is 17.7 Å². The summed E-state index contributed by atoms with van der Waals surface area (Å²) < 4.78 is 16.9. The van der Waals surface area contributed by atoms with Crippen LogP contribution in [0.2, 0.25) is 0 Å². The Kier molecular flexibility index (Phi) is 4.44. The molecule has 1 fully saturated rings. The van der Waals surface area contributed by atoms with E-state index in [1.807, 2.05) is 27.7 Å². The Labute approximate surface area is 143 Å². The van der Waals surface area contributed by atoms with E-state index in [0.29, 0.717) is 5.47 Å². The Balaban J connectivity index is 2.19. The van der Waals surface area contributed by atoms with Crippen molar-refractivity contribution in [3.05, 3.63) is 23.2 Å². The van der Waals surface area contributed by atoms with E-state index in [1.165, 1.54) is 6.08 Å². The molecule has 0 radical (unpaired) electrons. The molecule has 134 valence electrons. The van der Waals surface area contributed by atoms with Gasteiger partial charge >= 0.3 is 13.2 Å². The van der Waals surface area contributed by atoms with Crippen LogP contribution >= 0.6 is 0 Å². The summed E-state index contributed by atoms with van der Waals surface area (Å²) in [5, 5.41) is 20.5. The Hall–Kier alpha value is -1.67. The number of aliphatic hydroxyl groups is 2. The highest BCUT2D eigenvalue weighted by molar-refractivity contribution is 6.55. The van der Waals surface area contributed by atoms with Crippen LogP contribution in [0.3, 0.4) is 0 Å². The van der Waals surface area contributed by atoms with Crippen molar-refractivity contribution < 1.29 is 29.1 Å². The lowest BCUT2D eigenvalue weighted by molar-refractivity contribution is 0.00578. The van der Waals surface area contributed by atoms with Crippen molar-refractivity contribution in [1.29, 1.82) is 0 Å². The zero-order valence-corrected chi connectivity index (χ0v) is 15.3. The number of hydrogen-bond donors (Lipinski definition) is 2. The highest BCUT2D eigenvalue weighted by Crippen LogP contribution is 2.40. The predicted molar refractivity (Wildman–Crippen MR) is 89.4 cm³/mol. The second kappa shape index (κ2) is 5.70. The van der Waals surface area contributed by atoms with E-state index >= 15 is 0 Å². The van der Waals surface area contributed by atoms with E-state index in [9.17, 15) is 15.0 Å². The minimum atomic E-state index is -0.821. The number of allylic oxidation sites excluding steroid dienone is 2. The van der Waals surface area contributed by atoms with Crippen molar-refractivity contribution in [2.45, 2.75) is 65.3 Å². The Morgan fingerprint density at radius 2 is 1.71 bits per heavy atom. The minimum Gasteiger partial charge on any atom is -0.511 e. The van der Waals surface area contributed by atoms with Crippen LogP contribution in [0.25, 0.3) is 0 Å². The van der Waals surface area contributed by atoms with E-state index in [0.717, 1.165) is 4.90 Å². The summed E-state index contributed by atoms with van der Waals surface area (Å²) in [7, 11) is -0.821. The maximum atomic E-state index is 12.1. The molecule has 1 amide bonds. The molecule has 2 N–H and O–H groups in total. The van der Waals surface area contributed by atoms with Gasteiger partial charge in [0.2, 0.25) is 0 Å². The molecule has 7 nitrogen and oxygen atoms in total. The fraction of sp³-hybridized carbons (Fsp3) is 0.688. The van der Waals surface area contributed by atoms with Crippen molar-refractivity contribution >= 4 is 13.2 Å². The lowest BCUT2D eigenvalue weighted by Gasteiger charge is -2.32. The monoisotopic (exact) mass is 339 g/mol. The summed E-state index contributed by atoms with van der Waals surface area (Å²) in [5.41, 5.74) is -1.55. The van der Waals surface area contributed by atoms with Crippen molar-refractivity contribution in [2.75, 3.05) is 6.54 Å². The standard InChI is InChI=1S/C16H26BNO6/c1-14(2,3)22-13(21)18-9-11(19)10(8-12(18)20)17-23-15(4,5)16(6,7)24-17/h8,19-20H,9H2,1-7H3. The first-order valence-electron chi connectivity index (χ1n) is 7.92. The number of hydrogen-bond acceptors (Lipinski definition) is 6. The van der Waals surface area contributed by atoms with Crippen LogP contribution in [0, 0.1) is 0 Å². The summed E-state index contributed by atoms with van der Waals surface area (Å²) in [4.78, 5) is 13.1. The molecule has 0 aromatic heterocycles. The van der Waals surface area contributed by atoms with E-state index in [1.54, 1.807) is 20.8 Å². The van der Waals surface area contributed by atoms with Crippen molar-refractivity contribution in [1.82, 2.24) is 4.90 Å². The third-order valence-electron chi connectivity index (χ3n) is 4.32. The summed E-state index contributed by atoms with van der Waals surface area (Å²) in [6.07, 6.45) is 0.529. The molecule has 0 bridgehead atoms. The van der Waals surface area contributed by atoms with Crippen LogP contribution in [0.15, 0.2) is 23.2 Å². The number of ether oxygens (including phenoxy) is 1. The van der Waals surface area contributed by atoms with E-state index in [-0.39, 0.29) is 18.2 Å². The molecule has 2 aliphatic heterocycles. The van der Waals surface area contributed by atoms with Crippen molar-refractivity contribution in [3.8, 4) is 0 Å². The molecule has 0 unspecified atom stereocenters. The van der Waals surface area contributed by atoms with Gasteiger partial charge in [0.25, 0.3) is 0 Å². The van der Waals surface area contributed by atoms with E-state index in [2.05, 4.69) is 0 Å². The molecular formula is C16H26BNO6. The molecule has 2 aliphatic rings.